The highest BCUT2D eigenvalue weighted by molar-refractivity contribution is 7.85. The predicted molar refractivity (Wildman–Crippen MR) is 156 cm³/mol. The van der Waals surface area contributed by atoms with Gasteiger partial charge in [0.1, 0.15) is 4.83 Å². The second-order valence-electron chi connectivity index (χ2n) is 11.4. The summed E-state index contributed by atoms with van der Waals surface area (Å²) in [6.45, 7) is 8.29. The van der Waals surface area contributed by atoms with Crippen LogP contribution in [0, 0.1) is 12.3 Å². The molecule has 2 aliphatic heterocycles. The normalized spacial score (nSPS) is 20.8. The van der Waals surface area contributed by atoms with Gasteiger partial charge < -0.3 is 10.6 Å². The number of hydrogen-bond acceptors (Lipinski definition) is 8. The molecule has 13 heteroatoms. The molecule has 0 unspecified atom stereocenters. The Morgan fingerprint density at radius 2 is 1.88 bits per heavy atom. The zero-order valence-electron chi connectivity index (χ0n) is 22.7. The lowest BCUT2D eigenvalue weighted by Gasteiger charge is -2.45. The van der Waals surface area contributed by atoms with E-state index in [0.29, 0.717) is 40.7 Å². The number of carbonyl (C=O) groups is 2. The third kappa shape index (κ3) is 5.58. The fourth-order valence-corrected chi connectivity index (χ4v) is 7.69. The maximum absolute atomic E-state index is 13.3. The van der Waals surface area contributed by atoms with E-state index < -0.39 is 10.8 Å². The van der Waals surface area contributed by atoms with E-state index in [1.165, 1.54) is 11.3 Å². The number of carbonyl (C=O) groups excluding carboxylic acids is 2. The molecule has 11 nitrogen and oxygen atoms in total. The first-order valence-corrected chi connectivity index (χ1v) is 15.6. The third-order valence-corrected chi connectivity index (χ3v) is 9.89. The molecule has 4 aromatic heterocycles. The van der Waals surface area contributed by atoms with E-state index in [1.54, 1.807) is 23.0 Å². The second kappa shape index (κ2) is 10.5. The molecular formula is C27H32N8O3S2. The quantitative estimate of drug-likeness (QED) is 0.342. The summed E-state index contributed by atoms with van der Waals surface area (Å²) in [6, 6.07) is 1.99. The molecule has 2 aliphatic rings. The highest BCUT2D eigenvalue weighted by Gasteiger charge is 2.34. The van der Waals surface area contributed by atoms with Crippen LogP contribution in [0.3, 0.4) is 0 Å². The summed E-state index contributed by atoms with van der Waals surface area (Å²) in [5.74, 6) is 1.02. The molecule has 0 aliphatic carbocycles. The molecule has 2 saturated heterocycles. The minimum atomic E-state index is -0.713. The van der Waals surface area contributed by atoms with Crippen LogP contribution in [0.4, 0.5) is 11.4 Å². The van der Waals surface area contributed by atoms with E-state index in [0.717, 1.165) is 41.2 Å². The van der Waals surface area contributed by atoms with Crippen LogP contribution in [-0.4, -0.2) is 76.4 Å². The van der Waals surface area contributed by atoms with Crippen molar-refractivity contribution in [2.45, 2.75) is 39.7 Å². The smallest absolute Gasteiger partial charge is 0.260 e. The summed E-state index contributed by atoms with van der Waals surface area (Å²) in [4.78, 5) is 33.9. The number of fused-ring (bicyclic) bond motifs is 1. The van der Waals surface area contributed by atoms with Gasteiger partial charge in [-0.25, -0.2) is 4.52 Å². The molecule has 2 amide bonds. The van der Waals surface area contributed by atoms with Crippen molar-refractivity contribution in [1.29, 1.82) is 0 Å². The van der Waals surface area contributed by atoms with Crippen molar-refractivity contribution in [3.05, 3.63) is 48.3 Å². The monoisotopic (exact) mass is 580 g/mol. The van der Waals surface area contributed by atoms with Crippen LogP contribution in [0.2, 0.25) is 0 Å². The zero-order chi connectivity index (χ0) is 28.0. The largest absolute Gasteiger partial charge is 0.324 e. The van der Waals surface area contributed by atoms with Crippen LogP contribution < -0.4 is 10.6 Å². The molecule has 6 heterocycles. The number of nitrogens with zero attached hydrogens (tertiary/aromatic N) is 6. The van der Waals surface area contributed by atoms with Gasteiger partial charge in [-0.2, -0.15) is 10.2 Å². The van der Waals surface area contributed by atoms with Gasteiger partial charge in [-0.1, -0.05) is 13.8 Å². The Labute approximate surface area is 238 Å². The van der Waals surface area contributed by atoms with Crippen LogP contribution >= 0.6 is 11.3 Å². The van der Waals surface area contributed by atoms with Crippen molar-refractivity contribution >= 4 is 50.2 Å². The average molecular weight is 581 g/mol. The topological polar surface area (TPSA) is 127 Å². The molecule has 0 spiro atoms. The van der Waals surface area contributed by atoms with Crippen molar-refractivity contribution in [1.82, 2.24) is 29.3 Å². The van der Waals surface area contributed by atoms with Crippen molar-refractivity contribution in [2.75, 3.05) is 41.8 Å². The van der Waals surface area contributed by atoms with Gasteiger partial charge in [-0.05, 0) is 31.2 Å². The molecule has 0 aromatic carbocycles. The Balaban J connectivity index is 1.14. The number of likely N-dealkylation sites (tertiary alicyclic amines) is 1. The lowest BCUT2D eigenvalue weighted by atomic mass is 9.84. The van der Waals surface area contributed by atoms with Crippen molar-refractivity contribution in [3.63, 3.8) is 0 Å². The summed E-state index contributed by atoms with van der Waals surface area (Å²) >= 11 is 1.47. The van der Waals surface area contributed by atoms with Gasteiger partial charge in [0.2, 0.25) is 5.91 Å². The lowest BCUT2D eigenvalue weighted by molar-refractivity contribution is -0.120. The number of anilines is 2. The SMILES string of the molecule is Cc1ncc(NC(=O)CN2CC(C)(C)C2)cc1NC(=O)c1cnn2cc(-c3cnn(C4CCS(=O)CC4)c3)sc12. The first-order valence-electron chi connectivity index (χ1n) is 13.3. The molecule has 4 aromatic rings. The molecule has 2 N–H and O–H groups in total. The first kappa shape index (κ1) is 26.8. The number of pyridine rings is 1. The summed E-state index contributed by atoms with van der Waals surface area (Å²) < 4.78 is 15.4. The number of amides is 2. The van der Waals surface area contributed by atoms with E-state index in [1.807, 2.05) is 30.2 Å². The lowest BCUT2D eigenvalue weighted by Crippen LogP contribution is -2.54. The van der Waals surface area contributed by atoms with Gasteiger partial charge in [0, 0.05) is 53.4 Å². The highest BCUT2D eigenvalue weighted by atomic mass is 32.2. The number of rotatable bonds is 7. The van der Waals surface area contributed by atoms with E-state index in [2.05, 4.69) is 44.6 Å². The fraction of sp³-hybridized carbons (Fsp3) is 0.444. The number of aryl methyl sites for hydroxylation is 1. The standard InChI is InChI=1S/C27H32N8O3S2/c1-17-22(8-19(10-28-17)31-24(36)14-33-15-27(2,3)16-33)32-25(37)21-11-30-35-13-23(39-26(21)35)18-9-29-34(12-18)20-4-6-40(38)7-5-20/h8-13,20H,4-7,14-16H2,1-3H3,(H,31,36)(H,32,37). The van der Waals surface area contributed by atoms with Crippen LogP contribution in [0.25, 0.3) is 15.3 Å². The molecule has 210 valence electrons. The number of nitrogens with one attached hydrogen (secondary N) is 2. The first-order chi connectivity index (χ1) is 19.1. The minimum absolute atomic E-state index is 0.107. The van der Waals surface area contributed by atoms with Gasteiger partial charge in [0.05, 0.1) is 58.7 Å². The summed E-state index contributed by atoms with van der Waals surface area (Å²) in [7, 11) is -0.713. The average Bonchev–Trinajstić information content (AvgIpc) is 3.61. The van der Waals surface area contributed by atoms with Gasteiger partial charge in [-0.3, -0.25) is 28.4 Å². The van der Waals surface area contributed by atoms with Crippen molar-refractivity contribution in [3.8, 4) is 10.4 Å². The van der Waals surface area contributed by atoms with Gasteiger partial charge in [0.15, 0.2) is 0 Å². The summed E-state index contributed by atoms with van der Waals surface area (Å²) in [5, 5.41) is 14.8. The second-order valence-corrected chi connectivity index (χ2v) is 14.1. The Morgan fingerprint density at radius 1 is 1.10 bits per heavy atom. The number of thiazole rings is 1. The van der Waals surface area contributed by atoms with E-state index in [-0.39, 0.29) is 23.3 Å². The molecule has 40 heavy (non-hydrogen) atoms. The molecule has 0 saturated carbocycles. The van der Waals surface area contributed by atoms with Gasteiger partial charge in [-0.15, -0.1) is 11.3 Å². The third-order valence-electron chi connectivity index (χ3n) is 7.35. The van der Waals surface area contributed by atoms with Gasteiger partial charge >= 0.3 is 0 Å². The van der Waals surface area contributed by atoms with E-state index >= 15 is 0 Å². The molecule has 0 bridgehead atoms. The Bertz CT molecular complexity index is 1600. The Morgan fingerprint density at radius 3 is 2.62 bits per heavy atom. The fourth-order valence-electron chi connectivity index (χ4n) is 5.38. The van der Waals surface area contributed by atoms with E-state index in [9.17, 15) is 13.8 Å². The Kier molecular flexibility index (Phi) is 7.05. The zero-order valence-corrected chi connectivity index (χ0v) is 24.3. The van der Waals surface area contributed by atoms with Crippen LogP contribution in [0.5, 0.6) is 0 Å². The summed E-state index contributed by atoms with van der Waals surface area (Å²) in [5.41, 5.74) is 3.37. The van der Waals surface area contributed by atoms with Crippen LogP contribution in [-0.2, 0) is 15.6 Å². The maximum atomic E-state index is 13.3. The maximum Gasteiger partial charge on any atom is 0.260 e. The molecule has 0 atom stereocenters. The number of hydrogen-bond donors (Lipinski definition) is 2. The van der Waals surface area contributed by atoms with Crippen LogP contribution in [0.15, 0.2) is 37.1 Å². The van der Waals surface area contributed by atoms with Crippen molar-refractivity contribution < 1.29 is 13.8 Å². The molecule has 2 fully saturated rings. The van der Waals surface area contributed by atoms with Crippen LogP contribution in [0.1, 0.15) is 48.8 Å². The summed E-state index contributed by atoms with van der Waals surface area (Å²) in [6.07, 6.45) is 10.6. The minimum Gasteiger partial charge on any atom is -0.324 e. The van der Waals surface area contributed by atoms with Gasteiger partial charge in [0.25, 0.3) is 5.91 Å². The van der Waals surface area contributed by atoms with Crippen molar-refractivity contribution in [2.24, 2.45) is 5.41 Å². The number of aromatic nitrogens is 5. The van der Waals surface area contributed by atoms with E-state index in [4.69, 9.17) is 0 Å². The predicted octanol–water partition coefficient (Wildman–Crippen LogP) is 3.58. The molecule has 6 rings (SSSR count). The highest BCUT2D eigenvalue weighted by Crippen LogP contribution is 2.32. The molecular weight excluding hydrogens is 548 g/mol. The molecule has 0 radical (unpaired) electrons. The Hall–Kier alpha value is -3.42.